The molecule has 4 nitrogen and oxygen atoms in total. The Hall–Kier alpha value is -1.13. The van der Waals surface area contributed by atoms with Crippen molar-refractivity contribution in [3.05, 3.63) is 23.9 Å². The van der Waals surface area contributed by atoms with Crippen LogP contribution in [0.1, 0.15) is 25.3 Å². The van der Waals surface area contributed by atoms with Gasteiger partial charge in [0.1, 0.15) is 5.82 Å². The zero-order chi connectivity index (χ0) is 12.5. The minimum absolute atomic E-state index is 0.604. The summed E-state index contributed by atoms with van der Waals surface area (Å²) in [6.45, 7) is 7.04. The van der Waals surface area contributed by atoms with E-state index in [0.29, 0.717) is 11.9 Å². The molecule has 1 aromatic rings. The van der Waals surface area contributed by atoms with Crippen LogP contribution in [-0.4, -0.2) is 46.5 Å². The van der Waals surface area contributed by atoms with Crippen molar-refractivity contribution in [1.29, 1.82) is 0 Å². The largest absolute Gasteiger partial charge is 0.384 e. The van der Waals surface area contributed by atoms with Crippen LogP contribution in [0.5, 0.6) is 0 Å². The Kier molecular flexibility index (Phi) is 3.22. The molecule has 0 spiro atoms. The maximum absolute atomic E-state index is 5.63. The summed E-state index contributed by atoms with van der Waals surface area (Å²) in [4.78, 5) is 9.42. The van der Waals surface area contributed by atoms with E-state index in [-0.39, 0.29) is 0 Å². The molecule has 2 atom stereocenters. The molecule has 1 aromatic heterocycles. The maximum atomic E-state index is 5.63. The number of nitrogens with two attached hydrogens (primary N) is 1. The summed E-state index contributed by atoms with van der Waals surface area (Å²) >= 11 is 0. The minimum atomic E-state index is 0.604. The summed E-state index contributed by atoms with van der Waals surface area (Å²) in [7, 11) is 0. The molecule has 2 fully saturated rings. The summed E-state index contributed by atoms with van der Waals surface area (Å²) in [5.74, 6) is 0.604. The summed E-state index contributed by atoms with van der Waals surface area (Å²) in [6.07, 6.45) is 4.64. The van der Waals surface area contributed by atoms with Crippen LogP contribution in [0.15, 0.2) is 18.3 Å². The van der Waals surface area contributed by atoms with E-state index in [0.717, 1.165) is 12.6 Å². The van der Waals surface area contributed by atoms with E-state index in [9.17, 15) is 0 Å². The lowest BCUT2D eigenvalue weighted by Gasteiger charge is -2.42. The third-order valence-corrected chi connectivity index (χ3v) is 4.30. The molecule has 0 amide bonds. The zero-order valence-electron chi connectivity index (χ0n) is 11.0. The highest BCUT2D eigenvalue weighted by Gasteiger charge is 2.34. The third kappa shape index (κ3) is 2.35. The molecule has 3 rings (SSSR count). The van der Waals surface area contributed by atoms with Crippen molar-refractivity contribution in [3.63, 3.8) is 0 Å². The van der Waals surface area contributed by atoms with Crippen LogP contribution in [0, 0.1) is 0 Å². The molecule has 4 heteroatoms. The number of aromatic nitrogens is 1. The van der Waals surface area contributed by atoms with Gasteiger partial charge in [0.25, 0.3) is 0 Å². The van der Waals surface area contributed by atoms with Gasteiger partial charge in [0, 0.05) is 37.9 Å². The van der Waals surface area contributed by atoms with Gasteiger partial charge in [-0.3, -0.25) is 9.80 Å². The van der Waals surface area contributed by atoms with Crippen molar-refractivity contribution in [2.24, 2.45) is 0 Å². The van der Waals surface area contributed by atoms with Crippen LogP contribution in [0.25, 0.3) is 0 Å². The van der Waals surface area contributed by atoms with Crippen LogP contribution in [0.4, 0.5) is 5.82 Å². The van der Waals surface area contributed by atoms with Gasteiger partial charge in [-0.05, 0) is 37.9 Å². The lowest BCUT2D eigenvalue weighted by molar-refractivity contribution is 0.0540. The molecule has 2 aliphatic rings. The first-order valence-corrected chi connectivity index (χ1v) is 6.91. The predicted octanol–water partition coefficient (Wildman–Crippen LogP) is 1.33. The molecule has 2 unspecified atom stereocenters. The van der Waals surface area contributed by atoms with Crippen LogP contribution in [-0.2, 0) is 6.54 Å². The summed E-state index contributed by atoms with van der Waals surface area (Å²) < 4.78 is 0. The summed E-state index contributed by atoms with van der Waals surface area (Å²) in [5, 5.41) is 0. The Morgan fingerprint density at radius 3 is 3.06 bits per heavy atom. The first-order valence-electron chi connectivity index (χ1n) is 6.91. The van der Waals surface area contributed by atoms with Gasteiger partial charge in [-0.25, -0.2) is 4.98 Å². The second-order valence-corrected chi connectivity index (χ2v) is 5.66. The number of rotatable bonds is 2. The SMILES string of the molecule is CC1CN2CCCC2CN1Cc1ccc(N)nc1. The van der Waals surface area contributed by atoms with Crippen molar-refractivity contribution < 1.29 is 0 Å². The van der Waals surface area contributed by atoms with E-state index < -0.39 is 0 Å². The second-order valence-electron chi connectivity index (χ2n) is 5.66. The van der Waals surface area contributed by atoms with E-state index >= 15 is 0 Å². The number of nitrogens with zero attached hydrogens (tertiary/aromatic N) is 3. The molecule has 2 N–H and O–H groups in total. The highest BCUT2D eigenvalue weighted by molar-refractivity contribution is 5.29. The number of fused-ring (bicyclic) bond motifs is 1. The fourth-order valence-corrected chi connectivity index (χ4v) is 3.23. The Morgan fingerprint density at radius 1 is 1.39 bits per heavy atom. The molecular formula is C14H22N4. The molecule has 3 heterocycles. The Balaban J connectivity index is 1.66. The van der Waals surface area contributed by atoms with E-state index in [1.165, 1.54) is 38.0 Å². The monoisotopic (exact) mass is 246 g/mol. The van der Waals surface area contributed by atoms with Crippen molar-refractivity contribution in [2.75, 3.05) is 25.4 Å². The van der Waals surface area contributed by atoms with E-state index in [1.54, 1.807) is 0 Å². The number of anilines is 1. The molecule has 0 aliphatic carbocycles. The summed E-state index contributed by atoms with van der Waals surface area (Å²) in [6, 6.07) is 5.40. The smallest absolute Gasteiger partial charge is 0.123 e. The molecule has 18 heavy (non-hydrogen) atoms. The maximum Gasteiger partial charge on any atom is 0.123 e. The number of piperazine rings is 1. The van der Waals surface area contributed by atoms with Crippen LogP contribution in [0.2, 0.25) is 0 Å². The standard InChI is InChI=1S/C14H22N4/c1-11-8-17-6-2-3-13(17)10-18(11)9-12-4-5-14(15)16-7-12/h4-5,7,11,13H,2-3,6,8-10H2,1H3,(H2,15,16). The number of pyridine rings is 1. The molecule has 2 saturated heterocycles. The van der Waals surface area contributed by atoms with Crippen LogP contribution < -0.4 is 5.73 Å². The fraction of sp³-hybridized carbons (Fsp3) is 0.643. The van der Waals surface area contributed by atoms with Crippen LogP contribution >= 0.6 is 0 Å². The second kappa shape index (κ2) is 4.86. The highest BCUT2D eigenvalue weighted by atomic mass is 15.3. The minimum Gasteiger partial charge on any atom is -0.384 e. The average molecular weight is 246 g/mol. The van der Waals surface area contributed by atoms with E-state index in [2.05, 4.69) is 27.8 Å². The van der Waals surface area contributed by atoms with E-state index in [1.807, 2.05) is 12.3 Å². The first-order chi connectivity index (χ1) is 8.72. The quantitative estimate of drug-likeness (QED) is 0.855. The third-order valence-electron chi connectivity index (χ3n) is 4.30. The van der Waals surface area contributed by atoms with Gasteiger partial charge in [-0.15, -0.1) is 0 Å². The van der Waals surface area contributed by atoms with Crippen molar-refractivity contribution >= 4 is 5.82 Å². The molecule has 98 valence electrons. The predicted molar refractivity (Wildman–Crippen MR) is 73.1 cm³/mol. The molecule has 0 saturated carbocycles. The Labute approximate surface area is 109 Å². The lowest BCUT2D eigenvalue weighted by atomic mass is 10.1. The van der Waals surface area contributed by atoms with Gasteiger partial charge in [0.15, 0.2) is 0 Å². The Bertz CT molecular complexity index is 403. The number of nitrogen functional groups attached to an aromatic ring is 1. The number of hydrogen-bond acceptors (Lipinski definition) is 4. The fourth-order valence-electron chi connectivity index (χ4n) is 3.23. The van der Waals surface area contributed by atoms with Gasteiger partial charge in [0.2, 0.25) is 0 Å². The molecule has 0 radical (unpaired) electrons. The van der Waals surface area contributed by atoms with Gasteiger partial charge in [-0.1, -0.05) is 6.07 Å². The van der Waals surface area contributed by atoms with Crippen LogP contribution in [0.3, 0.4) is 0 Å². The zero-order valence-corrected chi connectivity index (χ0v) is 11.0. The normalized spacial score (nSPS) is 29.4. The van der Waals surface area contributed by atoms with Crippen molar-refractivity contribution in [1.82, 2.24) is 14.8 Å². The van der Waals surface area contributed by atoms with Crippen molar-refractivity contribution in [2.45, 2.75) is 38.4 Å². The van der Waals surface area contributed by atoms with Gasteiger partial charge in [-0.2, -0.15) is 0 Å². The molecule has 0 aromatic carbocycles. The summed E-state index contributed by atoms with van der Waals surface area (Å²) in [5.41, 5.74) is 6.89. The topological polar surface area (TPSA) is 45.4 Å². The molecular weight excluding hydrogens is 224 g/mol. The van der Waals surface area contributed by atoms with Gasteiger partial charge < -0.3 is 5.73 Å². The Morgan fingerprint density at radius 2 is 2.28 bits per heavy atom. The van der Waals surface area contributed by atoms with E-state index in [4.69, 9.17) is 5.73 Å². The average Bonchev–Trinajstić information content (AvgIpc) is 2.79. The molecule has 2 aliphatic heterocycles. The van der Waals surface area contributed by atoms with Gasteiger partial charge >= 0.3 is 0 Å². The number of hydrogen-bond donors (Lipinski definition) is 1. The highest BCUT2D eigenvalue weighted by Crippen LogP contribution is 2.25. The first kappa shape index (κ1) is 11.9. The van der Waals surface area contributed by atoms with Gasteiger partial charge in [0.05, 0.1) is 0 Å². The molecule has 0 bridgehead atoms. The van der Waals surface area contributed by atoms with Crippen molar-refractivity contribution in [3.8, 4) is 0 Å². The lowest BCUT2D eigenvalue weighted by Crippen LogP contribution is -2.54.